The van der Waals surface area contributed by atoms with Gasteiger partial charge in [0.05, 0.1) is 146 Å². The zero-order valence-corrected chi connectivity index (χ0v) is 21.4. The van der Waals surface area contributed by atoms with Gasteiger partial charge in [0.15, 0.2) is 0 Å². The second-order valence-electron chi connectivity index (χ2n) is 6.36. The Balaban J connectivity index is 0. The molecule has 0 atom stereocenters. The van der Waals surface area contributed by atoms with Crippen LogP contribution in [0.2, 0.25) is 0 Å². The van der Waals surface area contributed by atoms with Gasteiger partial charge in [0.2, 0.25) is 0 Å². The van der Waals surface area contributed by atoms with Gasteiger partial charge >= 0.3 is 0 Å². The molecule has 0 rings (SSSR count). The van der Waals surface area contributed by atoms with Gasteiger partial charge in [0, 0.05) is 0 Å². The van der Waals surface area contributed by atoms with E-state index in [9.17, 15) is 0 Å². The number of ether oxygens (including phenoxy) is 10. The Morgan fingerprint density at radius 2 is 0.543 bits per heavy atom. The number of rotatable bonds is 29. The lowest BCUT2D eigenvalue weighted by atomic mass is 10.6. The van der Waals surface area contributed by atoms with E-state index in [0.717, 1.165) is 0 Å². The van der Waals surface area contributed by atoms with Crippen LogP contribution in [0.4, 0.5) is 0 Å². The molecule has 0 aromatic rings. The van der Waals surface area contributed by atoms with Crippen molar-refractivity contribution in [2.24, 2.45) is 0 Å². The predicted octanol–water partition coefficient (Wildman–Crippen LogP) is -0.103. The van der Waals surface area contributed by atoms with Crippen molar-refractivity contribution in [3.63, 3.8) is 0 Å². The van der Waals surface area contributed by atoms with Crippen LogP contribution >= 0.6 is 0 Å². The molecule has 0 amide bonds. The number of aliphatic hydroxyl groups excluding tert-OH is 2. The smallest absolute Gasteiger partial charge is 0.0766 e. The quantitative estimate of drug-likeness (QED) is 0.102. The number of hydrogen-bond acceptors (Lipinski definition) is 12. The average molecular weight is 517 g/mol. The van der Waals surface area contributed by atoms with Crippen molar-refractivity contribution in [3.8, 4) is 0 Å². The van der Waals surface area contributed by atoms with Crippen molar-refractivity contribution in [2.45, 2.75) is 0 Å². The zero-order valence-electron chi connectivity index (χ0n) is 21.4. The fourth-order valence-corrected chi connectivity index (χ4v) is 1.99. The number of hydrogen-bond donors (Lipinski definition) is 2. The molecule has 0 aromatic heterocycles. The first kappa shape index (κ1) is 36.3. The molecule has 0 bridgehead atoms. The normalized spacial score (nSPS) is 10.7. The Hall–Kier alpha value is -0.900. The van der Waals surface area contributed by atoms with Crippen LogP contribution in [0, 0.1) is 0 Å². The minimum absolute atomic E-state index is 0.0278. The van der Waals surface area contributed by atoms with Crippen molar-refractivity contribution in [3.05, 3.63) is 12.8 Å². The minimum Gasteiger partial charge on any atom is -0.505 e. The van der Waals surface area contributed by atoms with Gasteiger partial charge in [-0.3, -0.25) is 0 Å². The van der Waals surface area contributed by atoms with E-state index in [0.29, 0.717) is 119 Å². The molecule has 0 spiro atoms. The van der Waals surface area contributed by atoms with Gasteiger partial charge in [-0.2, -0.15) is 0 Å². The lowest BCUT2D eigenvalue weighted by Gasteiger charge is -2.08. The van der Waals surface area contributed by atoms with Crippen LogP contribution < -0.4 is 0 Å². The minimum atomic E-state index is 0.0278. The van der Waals surface area contributed by atoms with Crippen LogP contribution in [-0.4, -0.2) is 149 Å². The van der Waals surface area contributed by atoms with E-state index >= 15 is 0 Å². The second kappa shape index (κ2) is 37.6. The van der Waals surface area contributed by atoms with Crippen LogP contribution in [0.25, 0.3) is 0 Å². The molecule has 0 unspecified atom stereocenters. The molecule has 0 saturated heterocycles. The molecule has 12 heteroatoms. The highest BCUT2D eigenvalue weighted by atomic mass is 16.6. The highest BCUT2D eigenvalue weighted by Crippen LogP contribution is 1.86. The third kappa shape index (κ3) is 40.5. The summed E-state index contributed by atoms with van der Waals surface area (Å²) in [5.41, 5.74) is 0. The molecule has 212 valence electrons. The molecule has 0 fully saturated rings. The van der Waals surface area contributed by atoms with Crippen molar-refractivity contribution < 1.29 is 57.6 Å². The lowest BCUT2D eigenvalue weighted by molar-refractivity contribution is -0.0260. The van der Waals surface area contributed by atoms with Crippen LogP contribution in [0.5, 0.6) is 0 Å². The molecular weight excluding hydrogens is 468 g/mol. The average Bonchev–Trinajstić information content (AvgIpc) is 2.88. The van der Waals surface area contributed by atoms with E-state index in [4.69, 9.17) is 52.8 Å². The van der Waals surface area contributed by atoms with Gasteiger partial charge in [-0.15, -0.1) is 0 Å². The van der Waals surface area contributed by atoms with E-state index in [1.54, 1.807) is 7.11 Å². The molecular formula is C23H48O12. The second-order valence-corrected chi connectivity index (χ2v) is 6.36. The zero-order chi connectivity index (χ0) is 25.9. The van der Waals surface area contributed by atoms with Crippen LogP contribution in [0.3, 0.4) is 0 Å². The van der Waals surface area contributed by atoms with Gasteiger partial charge in [0.1, 0.15) is 0 Å². The van der Waals surface area contributed by atoms with Gasteiger partial charge in [-0.1, -0.05) is 6.58 Å². The van der Waals surface area contributed by atoms with E-state index in [1.807, 2.05) is 0 Å². The van der Waals surface area contributed by atoms with E-state index in [2.05, 4.69) is 11.3 Å². The molecule has 0 aliphatic carbocycles. The van der Waals surface area contributed by atoms with Crippen molar-refractivity contribution in [1.29, 1.82) is 0 Å². The first-order valence-corrected chi connectivity index (χ1v) is 11.9. The van der Waals surface area contributed by atoms with E-state index in [-0.39, 0.29) is 13.2 Å². The molecule has 0 aliphatic rings. The fraction of sp³-hybridized carbons (Fsp3) is 0.913. The van der Waals surface area contributed by atoms with Gasteiger partial charge in [-0.05, 0) is 0 Å². The summed E-state index contributed by atoms with van der Waals surface area (Å²) in [6, 6.07) is 0. The van der Waals surface area contributed by atoms with Gasteiger partial charge in [-0.25, -0.2) is 0 Å². The summed E-state index contributed by atoms with van der Waals surface area (Å²) in [5.74, 6) is 0. The molecule has 0 radical (unpaired) electrons. The Morgan fingerprint density at radius 3 is 0.657 bits per heavy atom. The van der Waals surface area contributed by atoms with Crippen molar-refractivity contribution in [1.82, 2.24) is 0 Å². The highest BCUT2D eigenvalue weighted by molar-refractivity contribution is 4.43. The first-order valence-electron chi connectivity index (χ1n) is 11.9. The maximum Gasteiger partial charge on any atom is 0.0766 e. The summed E-state index contributed by atoms with van der Waals surface area (Å²) in [6.07, 6.45) is 1.38. The Bertz CT molecular complexity index is 335. The largest absolute Gasteiger partial charge is 0.505 e. The predicted molar refractivity (Wildman–Crippen MR) is 129 cm³/mol. The molecule has 2 N–H and O–H groups in total. The Morgan fingerprint density at radius 1 is 0.400 bits per heavy atom. The monoisotopic (exact) mass is 516 g/mol. The summed E-state index contributed by atoms with van der Waals surface area (Å²) in [4.78, 5) is 0. The Labute approximate surface area is 210 Å². The highest BCUT2D eigenvalue weighted by Gasteiger charge is 1.95. The maximum absolute atomic E-state index is 8.53. The summed E-state index contributed by atoms with van der Waals surface area (Å²) in [5, 5.41) is 17.1. The molecule has 35 heavy (non-hydrogen) atoms. The SMILES string of the molecule is C=COC.OCCOCCOCCOCCOCCOCCOCCOCCOCCOCCO. The molecule has 0 saturated carbocycles. The number of methoxy groups -OCH3 is 1. The fourth-order valence-electron chi connectivity index (χ4n) is 1.99. The van der Waals surface area contributed by atoms with E-state index in [1.165, 1.54) is 6.26 Å². The van der Waals surface area contributed by atoms with Gasteiger partial charge < -0.3 is 57.6 Å². The standard InChI is InChI=1S/C20H42O11.C3H6O/c21-1-3-23-5-7-25-9-11-27-13-15-29-17-19-31-20-18-30-16-14-28-12-10-26-8-6-24-4-2-22;1-3-4-2/h21-22H,1-20H2;3H,1H2,2H3. The van der Waals surface area contributed by atoms with Crippen LogP contribution in [0.1, 0.15) is 0 Å². The molecule has 0 aromatic carbocycles. The van der Waals surface area contributed by atoms with Crippen LogP contribution in [0.15, 0.2) is 12.8 Å². The molecule has 12 nitrogen and oxygen atoms in total. The van der Waals surface area contributed by atoms with Crippen molar-refractivity contribution in [2.75, 3.05) is 139 Å². The summed E-state index contributed by atoms with van der Waals surface area (Å²) < 4.78 is 52.0. The Kier molecular flexibility index (Phi) is 39.0. The van der Waals surface area contributed by atoms with Gasteiger partial charge in [0.25, 0.3) is 0 Å². The topological polar surface area (TPSA) is 133 Å². The first-order chi connectivity index (χ1) is 17.3. The summed E-state index contributed by atoms with van der Waals surface area (Å²) >= 11 is 0. The third-order valence-electron chi connectivity index (χ3n) is 3.61. The summed E-state index contributed by atoms with van der Waals surface area (Å²) in [7, 11) is 1.56. The number of aliphatic hydroxyl groups is 2. The van der Waals surface area contributed by atoms with E-state index < -0.39 is 0 Å². The van der Waals surface area contributed by atoms with Crippen molar-refractivity contribution >= 4 is 0 Å². The third-order valence-corrected chi connectivity index (χ3v) is 3.61. The lowest BCUT2D eigenvalue weighted by Crippen LogP contribution is -2.15. The molecule has 0 aliphatic heterocycles. The maximum atomic E-state index is 8.53. The summed E-state index contributed by atoms with van der Waals surface area (Å²) in [6.45, 7) is 12.0. The molecule has 0 heterocycles. The van der Waals surface area contributed by atoms with Crippen LogP contribution in [-0.2, 0) is 47.4 Å².